The van der Waals surface area contributed by atoms with E-state index in [0.29, 0.717) is 12.2 Å². The number of hydrogen-bond acceptors (Lipinski definition) is 2. The van der Waals surface area contributed by atoms with Gasteiger partial charge in [-0.25, -0.2) is 0 Å². The first-order valence-electron chi connectivity index (χ1n) is 5.57. The molecule has 0 amide bonds. The van der Waals surface area contributed by atoms with Gasteiger partial charge in [-0.05, 0) is 38.5 Å². The van der Waals surface area contributed by atoms with Gasteiger partial charge < -0.3 is 9.47 Å². The zero-order valence-corrected chi connectivity index (χ0v) is 10.6. The maximum absolute atomic E-state index is 5.82. The first-order chi connectivity index (χ1) is 6.86. The van der Waals surface area contributed by atoms with E-state index in [9.17, 15) is 0 Å². The van der Waals surface area contributed by atoms with Crippen molar-refractivity contribution in [3.8, 4) is 0 Å². The maximum atomic E-state index is 5.82. The zero-order chi connectivity index (χ0) is 10.2. The second-order valence-electron chi connectivity index (χ2n) is 3.91. The Morgan fingerprint density at radius 3 is 2.71 bits per heavy atom. The third-order valence-electron chi connectivity index (χ3n) is 2.79. The average molecular weight is 265 g/mol. The van der Waals surface area contributed by atoms with Crippen molar-refractivity contribution < 1.29 is 9.47 Å². The van der Waals surface area contributed by atoms with Gasteiger partial charge >= 0.3 is 0 Å². The molecule has 84 valence electrons. The molecule has 0 aromatic carbocycles. The molecule has 1 aliphatic carbocycles. The Morgan fingerprint density at radius 1 is 1.21 bits per heavy atom. The highest BCUT2D eigenvalue weighted by Gasteiger charge is 2.21. The Balaban J connectivity index is 2.05. The maximum Gasteiger partial charge on any atom is 0.0599 e. The summed E-state index contributed by atoms with van der Waals surface area (Å²) >= 11 is 3.42. The van der Waals surface area contributed by atoms with Crippen LogP contribution in [-0.2, 0) is 9.47 Å². The van der Waals surface area contributed by atoms with Crippen LogP contribution >= 0.6 is 15.9 Å². The van der Waals surface area contributed by atoms with Crippen molar-refractivity contribution in [1.82, 2.24) is 0 Å². The smallest absolute Gasteiger partial charge is 0.0599 e. The van der Waals surface area contributed by atoms with Gasteiger partial charge in [0.05, 0.1) is 12.2 Å². The highest BCUT2D eigenvalue weighted by Crippen LogP contribution is 2.23. The largest absolute Gasteiger partial charge is 0.381 e. The lowest BCUT2D eigenvalue weighted by Gasteiger charge is -2.28. The number of methoxy groups -OCH3 is 1. The molecule has 2 atom stereocenters. The Hall–Kier alpha value is 0.400. The fourth-order valence-electron chi connectivity index (χ4n) is 1.91. The van der Waals surface area contributed by atoms with Gasteiger partial charge in [-0.3, -0.25) is 0 Å². The van der Waals surface area contributed by atoms with Crippen LogP contribution in [0, 0.1) is 0 Å². The van der Waals surface area contributed by atoms with E-state index in [4.69, 9.17) is 9.47 Å². The predicted molar refractivity (Wildman–Crippen MR) is 62.0 cm³/mol. The van der Waals surface area contributed by atoms with Crippen molar-refractivity contribution in [3.63, 3.8) is 0 Å². The molecular formula is C11H21BrO2. The topological polar surface area (TPSA) is 18.5 Å². The number of hydrogen-bond donors (Lipinski definition) is 0. The summed E-state index contributed by atoms with van der Waals surface area (Å²) in [7, 11) is 1.80. The van der Waals surface area contributed by atoms with E-state index in [-0.39, 0.29) is 0 Å². The molecule has 0 heterocycles. The van der Waals surface area contributed by atoms with Gasteiger partial charge in [0.1, 0.15) is 0 Å². The number of halogens is 1. The molecule has 1 aliphatic rings. The molecule has 0 saturated heterocycles. The summed E-state index contributed by atoms with van der Waals surface area (Å²) in [6, 6.07) is 0. The van der Waals surface area contributed by atoms with Gasteiger partial charge in [0.15, 0.2) is 0 Å². The summed E-state index contributed by atoms with van der Waals surface area (Å²) in [6.07, 6.45) is 8.02. The van der Waals surface area contributed by atoms with Crippen molar-refractivity contribution in [2.24, 2.45) is 0 Å². The predicted octanol–water partition coefficient (Wildman–Crippen LogP) is 3.14. The van der Waals surface area contributed by atoms with Gasteiger partial charge in [-0.2, -0.15) is 0 Å². The van der Waals surface area contributed by atoms with Crippen LogP contribution in [0.15, 0.2) is 0 Å². The third kappa shape index (κ3) is 4.76. The lowest BCUT2D eigenvalue weighted by molar-refractivity contribution is -0.0299. The molecule has 1 rings (SSSR count). The fraction of sp³-hybridized carbons (Fsp3) is 1.00. The summed E-state index contributed by atoms with van der Waals surface area (Å²) in [5.41, 5.74) is 0. The molecule has 0 aromatic rings. The lowest BCUT2D eigenvalue weighted by Crippen LogP contribution is -2.27. The minimum atomic E-state index is 0.435. The van der Waals surface area contributed by atoms with E-state index in [1.807, 2.05) is 0 Å². The zero-order valence-electron chi connectivity index (χ0n) is 9.01. The monoisotopic (exact) mass is 264 g/mol. The van der Waals surface area contributed by atoms with Gasteiger partial charge in [0.2, 0.25) is 0 Å². The Bertz CT molecular complexity index is 141. The lowest BCUT2D eigenvalue weighted by atomic mass is 9.95. The second kappa shape index (κ2) is 7.66. The van der Waals surface area contributed by atoms with Crippen LogP contribution < -0.4 is 0 Å². The Morgan fingerprint density at radius 2 is 2.00 bits per heavy atom. The summed E-state index contributed by atoms with van der Waals surface area (Å²) in [6.45, 7) is 0.909. The molecule has 14 heavy (non-hydrogen) atoms. The molecule has 2 nitrogen and oxygen atoms in total. The fourth-order valence-corrected chi connectivity index (χ4v) is 2.31. The van der Waals surface area contributed by atoms with Gasteiger partial charge in [-0.1, -0.05) is 15.9 Å². The summed E-state index contributed by atoms with van der Waals surface area (Å²) in [5, 5.41) is 1.09. The van der Waals surface area contributed by atoms with Gasteiger partial charge in [-0.15, -0.1) is 0 Å². The second-order valence-corrected chi connectivity index (χ2v) is 4.71. The summed E-state index contributed by atoms with van der Waals surface area (Å²) in [5.74, 6) is 0. The van der Waals surface area contributed by atoms with Crippen LogP contribution in [0.5, 0.6) is 0 Å². The number of ether oxygens (including phenoxy) is 2. The Labute approximate surface area is 95.5 Å². The molecule has 3 heteroatoms. The van der Waals surface area contributed by atoms with E-state index < -0.39 is 0 Å². The van der Waals surface area contributed by atoms with Gasteiger partial charge in [0, 0.05) is 19.0 Å². The first-order valence-corrected chi connectivity index (χ1v) is 6.69. The SMILES string of the molecule is COC1CCCC(OCCCCBr)C1. The molecule has 0 spiro atoms. The highest BCUT2D eigenvalue weighted by atomic mass is 79.9. The number of rotatable bonds is 6. The quantitative estimate of drug-likeness (QED) is 0.542. The van der Waals surface area contributed by atoms with E-state index in [0.717, 1.165) is 18.4 Å². The molecule has 0 bridgehead atoms. The molecule has 1 saturated carbocycles. The van der Waals surface area contributed by atoms with E-state index >= 15 is 0 Å². The number of alkyl halides is 1. The third-order valence-corrected chi connectivity index (χ3v) is 3.35. The Kier molecular flexibility index (Phi) is 6.82. The van der Waals surface area contributed by atoms with Crippen molar-refractivity contribution in [2.45, 2.75) is 50.7 Å². The molecule has 0 N–H and O–H groups in total. The first kappa shape index (κ1) is 12.5. The van der Waals surface area contributed by atoms with Crippen LogP contribution in [0.25, 0.3) is 0 Å². The van der Waals surface area contributed by atoms with E-state index in [2.05, 4.69) is 15.9 Å². The minimum absolute atomic E-state index is 0.435. The molecular weight excluding hydrogens is 244 g/mol. The minimum Gasteiger partial charge on any atom is -0.381 e. The molecule has 1 fully saturated rings. The molecule has 0 aliphatic heterocycles. The van der Waals surface area contributed by atoms with Crippen molar-refractivity contribution in [2.75, 3.05) is 19.0 Å². The van der Waals surface area contributed by atoms with Crippen LogP contribution in [-0.4, -0.2) is 31.3 Å². The highest BCUT2D eigenvalue weighted by molar-refractivity contribution is 9.09. The molecule has 0 aromatic heterocycles. The van der Waals surface area contributed by atoms with E-state index in [1.54, 1.807) is 7.11 Å². The average Bonchev–Trinajstić information content (AvgIpc) is 2.25. The molecule has 0 radical (unpaired) electrons. The van der Waals surface area contributed by atoms with Crippen molar-refractivity contribution in [1.29, 1.82) is 0 Å². The normalized spacial score (nSPS) is 27.9. The van der Waals surface area contributed by atoms with E-state index in [1.165, 1.54) is 32.1 Å². The van der Waals surface area contributed by atoms with Crippen molar-refractivity contribution >= 4 is 15.9 Å². The molecule has 2 unspecified atom stereocenters. The van der Waals surface area contributed by atoms with Gasteiger partial charge in [0.25, 0.3) is 0 Å². The standard InChI is InChI=1S/C11H21BrO2/c1-13-10-5-4-6-11(9-10)14-8-3-2-7-12/h10-11H,2-9H2,1H3. The summed E-state index contributed by atoms with van der Waals surface area (Å²) < 4.78 is 11.2. The summed E-state index contributed by atoms with van der Waals surface area (Å²) in [4.78, 5) is 0. The van der Waals surface area contributed by atoms with Crippen LogP contribution in [0.2, 0.25) is 0 Å². The number of unbranched alkanes of at least 4 members (excludes halogenated alkanes) is 1. The van der Waals surface area contributed by atoms with Crippen LogP contribution in [0.4, 0.5) is 0 Å². The van der Waals surface area contributed by atoms with Crippen molar-refractivity contribution in [3.05, 3.63) is 0 Å². The van der Waals surface area contributed by atoms with Crippen LogP contribution in [0.3, 0.4) is 0 Å². The van der Waals surface area contributed by atoms with Crippen LogP contribution in [0.1, 0.15) is 38.5 Å².